The van der Waals surface area contributed by atoms with E-state index in [0.29, 0.717) is 13.1 Å². The highest BCUT2D eigenvalue weighted by atomic mass is 16.3. The Morgan fingerprint density at radius 3 is 2.37 bits per heavy atom. The first kappa shape index (κ1) is 21.1. The zero-order valence-electron chi connectivity index (χ0n) is 17.0. The van der Waals surface area contributed by atoms with Crippen LogP contribution in [0, 0.1) is 5.92 Å². The number of benzene rings is 1. The molecule has 0 aliphatic carbocycles. The molecule has 1 atom stereocenters. The lowest BCUT2D eigenvalue weighted by Gasteiger charge is -2.21. The lowest BCUT2D eigenvalue weighted by Crippen LogP contribution is -2.49. The molecule has 0 bridgehead atoms. The van der Waals surface area contributed by atoms with Crippen LogP contribution < -0.4 is 16.2 Å². The summed E-state index contributed by atoms with van der Waals surface area (Å²) in [6.07, 6.45) is 3.16. The first-order chi connectivity index (χ1) is 14.4. The normalized spacial score (nSPS) is 11.8. The summed E-state index contributed by atoms with van der Waals surface area (Å²) in [5.74, 6) is -0.601. The number of carbonyl (C=O) groups is 2. The van der Waals surface area contributed by atoms with E-state index in [2.05, 4.69) is 10.6 Å². The fourth-order valence-electron chi connectivity index (χ4n) is 3.00. The molecular weight excluding hydrogens is 382 g/mol. The molecule has 0 aliphatic rings. The number of pyridine rings is 1. The Morgan fingerprint density at radius 2 is 1.73 bits per heavy atom. The zero-order chi connectivity index (χ0) is 21.5. The van der Waals surface area contributed by atoms with E-state index < -0.39 is 11.9 Å². The summed E-state index contributed by atoms with van der Waals surface area (Å²) in [4.78, 5) is 36.6. The number of hydrogen-bond donors (Lipinski definition) is 2. The maximum atomic E-state index is 12.6. The molecule has 2 N–H and O–H groups in total. The van der Waals surface area contributed by atoms with Crippen molar-refractivity contribution in [1.29, 1.82) is 0 Å². The van der Waals surface area contributed by atoms with Gasteiger partial charge >= 0.3 is 0 Å². The van der Waals surface area contributed by atoms with Crippen molar-refractivity contribution >= 4 is 11.8 Å². The predicted molar refractivity (Wildman–Crippen MR) is 113 cm³/mol. The summed E-state index contributed by atoms with van der Waals surface area (Å²) in [7, 11) is 0. The number of nitrogens with zero attached hydrogens (tertiary/aromatic N) is 1. The number of rotatable bonds is 8. The second-order valence-corrected chi connectivity index (χ2v) is 7.37. The van der Waals surface area contributed by atoms with Crippen LogP contribution in [0.4, 0.5) is 0 Å². The smallest absolute Gasteiger partial charge is 0.287 e. The molecule has 3 aromatic rings. The van der Waals surface area contributed by atoms with Gasteiger partial charge in [0.2, 0.25) is 5.91 Å². The Bertz CT molecular complexity index is 1040. The van der Waals surface area contributed by atoms with Gasteiger partial charge in [-0.3, -0.25) is 14.4 Å². The monoisotopic (exact) mass is 407 g/mol. The molecule has 2 amide bonds. The molecule has 0 saturated heterocycles. The number of furan rings is 1. The van der Waals surface area contributed by atoms with E-state index >= 15 is 0 Å². The molecule has 1 unspecified atom stereocenters. The molecule has 0 saturated carbocycles. The maximum absolute atomic E-state index is 12.6. The summed E-state index contributed by atoms with van der Waals surface area (Å²) < 4.78 is 6.71. The Kier molecular flexibility index (Phi) is 6.85. The van der Waals surface area contributed by atoms with E-state index in [9.17, 15) is 14.4 Å². The topological polar surface area (TPSA) is 93.3 Å². The molecular formula is C23H25N3O4. The van der Waals surface area contributed by atoms with E-state index in [1.165, 1.54) is 12.3 Å². The average Bonchev–Trinajstić information content (AvgIpc) is 3.27. The van der Waals surface area contributed by atoms with Crippen LogP contribution in [0.2, 0.25) is 0 Å². The standard InChI is InChI=1S/C23H25N3O4/c1-16(2)21(25-22(28)19-6-5-13-30-19)23(29)24-14-17-8-10-18(11-9-17)15-26-12-4-3-7-20(26)27/h3-13,16,21H,14-15H2,1-2H3,(H,24,29)(H,25,28). The van der Waals surface area contributed by atoms with Crippen LogP contribution in [0.5, 0.6) is 0 Å². The van der Waals surface area contributed by atoms with Crippen molar-refractivity contribution in [1.82, 2.24) is 15.2 Å². The molecule has 0 radical (unpaired) electrons. The minimum Gasteiger partial charge on any atom is -0.459 e. The first-order valence-electron chi connectivity index (χ1n) is 9.79. The number of carbonyl (C=O) groups excluding carboxylic acids is 2. The molecule has 0 spiro atoms. The summed E-state index contributed by atoms with van der Waals surface area (Å²) >= 11 is 0. The first-order valence-corrected chi connectivity index (χ1v) is 9.79. The van der Waals surface area contributed by atoms with Crippen molar-refractivity contribution in [3.05, 3.63) is 94.3 Å². The van der Waals surface area contributed by atoms with Crippen molar-refractivity contribution in [2.24, 2.45) is 5.92 Å². The molecule has 30 heavy (non-hydrogen) atoms. The molecule has 156 valence electrons. The van der Waals surface area contributed by atoms with Crippen LogP contribution in [0.15, 0.2) is 76.3 Å². The third-order valence-electron chi connectivity index (χ3n) is 4.72. The number of amides is 2. The molecule has 7 nitrogen and oxygen atoms in total. The molecule has 0 fully saturated rings. The van der Waals surface area contributed by atoms with Crippen LogP contribution in [0.3, 0.4) is 0 Å². The summed E-state index contributed by atoms with van der Waals surface area (Å²) in [5.41, 5.74) is 1.86. The maximum Gasteiger partial charge on any atom is 0.287 e. The zero-order valence-corrected chi connectivity index (χ0v) is 17.0. The third kappa shape index (κ3) is 5.47. The van der Waals surface area contributed by atoms with Crippen LogP contribution >= 0.6 is 0 Å². The lowest BCUT2D eigenvalue weighted by atomic mass is 10.0. The number of nitrogens with one attached hydrogen (secondary N) is 2. The van der Waals surface area contributed by atoms with Crippen molar-refractivity contribution in [2.45, 2.75) is 33.0 Å². The summed E-state index contributed by atoms with van der Waals surface area (Å²) in [6.45, 7) is 4.56. The van der Waals surface area contributed by atoms with Crippen LogP contribution in [-0.2, 0) is 17.9 Å². The molecule has 2 aromatic heterocycles. The fraction of sp³-hybridized carbons (Fsp3) is 0.261. The van der Waals surface area contributed by atoms with Gasteiger partial charge in [-0.25, -0.2) is 0 Å². The van der Waals surface area contributed by atoms with Gasteiger partial charge in [-0.1, -0.05) is 44.2 Å². The Hall–Kier alpha value is -3.61. The molecule has 7 heteroatoms. The van der Waals surface area contributed by atoms with Crippen molar-refractivity contribution in [3.8, 4) is 0 Å². The Labute approximate surface area is 174 Å². The lowest BCUT2D eigenvalue weighted by molar-refractivity contribution is -0.124. The quantitative estimate of drug-likeness (QED) is 0.600. The summed E-state index contributed by atoms with van der Waals surface area (Å²) in [6, 6.07) is 15.2. The van der Waals surface area contributed by atoms with Crippen LogP contribution in [0.1, 0.15) is 35.5 Å². The van der Waals surface area contributed by atoms with E-state index in [-0.39, 0.29) is 23.1 Å². The van der Waals surface area contributed by atoms with Gasteiger partial charge in [0, 0.05) is 18.8 Å². The number of hydrogen-bond acceptors (Lipinski definition) is 4. The van der Waals surface area contributed by atoms with Gasteiger partial charge in [-0.2, -0.15) is 0 Å². The second kappa shape index (κ2) is 9.73. The van der Waals surface area contributed by atoms with E-state index in [0.717, 1.165) is 11.1 Å². The Morgan fingerprint density at radius 1 is 1.00 bits per heavy atom. The minimum absolute atomic E-state index is 0.0508. The van der Waals surface area contributed by atoms with Crippen molar-refractivity contribution < 1.29 is 14.0 Å². The van der Waals surface area contributed by atoms with Gasteiger partial charge in [-0.05, 0) is 35.2 Å². The van der Waals surface area contributed by atoms with Gasteiger partial charge in [0.05, 0.1) is 12.8 Å². The highest BCUT2D eigenvalue weighted by Crippen LogP contribution is 2.08. The third-order valence-corrected chi connectivity index (χ3v) is 4.72. The van der Waals surface area contributed by atoms with Crippen LogP contribution in [0.25, 0.3) is 0 Å². The fourth-order valence-corrected chi connectivity index (χ4v) is 3.00. The molecule has 1 aromatic carbocycles. The van der Waals surface area contributed by atoms with Crippen molar-refractivity contribution in [3.63, 3.8) is 0 Å². The highest BCUT2D eigenvalue weighted by Gasteiger charge is 2.25. The average molecular weight is 407 g/mol. The van der Waals surface area contributed by atoms with Gasteiger partial charge in [-0.15, -0.1) is 0 Å². The number of aromatic nitrogens is 1. The van der Waals surface area contributed by atoms with E-state index in [4.69, 9.17) is 4.42 Å². The van der Waals surface area contributed by atoms with Gasteiger partial charge in [0.25, 0.3) is 11.5 Å². The molecule has 0 aliphatic heterocycles. The summed E-state index contributed by atoms with van der Waals surface area (Å²) in [5, 5.41) is 5.59. The predicted octanol–water partition coefficient (Wildman–Crippen LogP) is 2.56. The van der Waals surface area contributed by atoms with Gasteiger partial charge in [0.1, 0.15) is 6.04 Å². The molecule has 2 heterocycles. The SMILES string of the molecule is CC(C)C(NC(=O)c1ccco1)C(=O)NCc1ccc(Cn2ccccc2=O)cc1. The van der Waals surface area contributed by atoms with E-state index in [1.807, 2.05) is 44.2 Å². The van der Waals surface area contributed by atoms with Crippen LogP contribution in [-0.4, -0.2) is 22.4 Å². The minimum atomic E-state index is -0.674. The van der Waals surface area contributed by atoms with Gasteiger partial charge in [0.15, 0.2) is 5.76 Å². The second-order valence-electron chi connectivity index (χ2n) is 7.37. The Balaban J connectivity index is 1.56. The highest BCUT2D eigenvalue weighted by molar-refractivity contribution is 5.95. The largest absolute Gasteiger partial charge is 0.459 e. The van der Waals surface area contributed by atoms with Gasteiger partial charge < -0.3 is 19.6 Å². The molecule has 3 rings (SSSR count). The van der Waals surface area contributed by atoms with E-state index in [1.54, 1.807) is 29.0 Å². The van der Waals surface area contributed by atoms with Crippen molar-refractivity contribution in [2.75, 3.05) is 0 Å².